The third kappa shape index (κ3) is 3.86. The molecule has 0 saturated heterocycles. The lowest BCUT2D eigenvalue weighted by Gasteiger charge is -2.01. The average Bonchev–Trinajstić information content (AvgIpc) is 2.73. The predicted octanol–water partition coefficient (Wildman–Crippen LogP) is 1.20. The number of likely N-dealkylation sites (N-methyl/N-ethyl adjacent to an activating group) is 1. The van der Waals surface area contributed by atoms with Gasteiger partial charge in [0.15, 0.2) is 0 Å². The lowest BCUT2D eigenvalue weighted by molar-refractivity contribution is 0.583. The third-order valence-electron chi connectivity index (χ3n) is 2.07. The third-order valence-corrected chi connectivity index (χ3v) is 5.16. The Morgan fingerprint density at radius 2 is 2.06 bits per heavy atom. The zero-order valence-electron chi connectivity index (χ0n) is 9.62. The van der Waals surface area contributed by atoms with E-state index in [1.54, 1.807) is 6.07 Å². The second kappa shape index (κ2) is 6.34. The van der Waals surface area contributed by atoms with Gasteiger partial charge in [-0.15, -0.1) is 11.3 Å². The van der Waals surface area contributed by atoms with Gasteiger partial charge in [-0.05, 0) is 38.6 Å². The quantitative estimate of drug-likeness (QED) is 0.776. The standard InChI is InChI=1S/C10H18N2O2S2/c1-3-7-12-16(13,14)10-5-4-9(15-10)6-8-11-2/h4-5,11-12H,3,6-8H2,1-2H3. The molecule has 0 amide bonds. The van der Waals surface area contributed by atoms with E-state index in [0.29, 0.717) is 10.8 Å². The van der Waals surface area contributed by atoms with Gasteiger partial charge in [-0.25, -0.2) is 13.1 Å². The fourth-order valence-corrected chi connectivity index (χ4v) is 3.73. The molecule has 1 aromatic heterocycles. The Morgan fingerprint density at radius 1 is 1.31 bits per heavy atom. The maximum atomic E-state index is 11.8. The second-order valence-corrected chi connectivity index (χ2v) is 6.63. The predicted molar refractivity (Wildman–Crippen MR) is 67.4 cm³/mol. The number of rotatable bonds is 7. The highest BCUT2D eigenvalue weighted by atomic mass is 32.2. The van der Waals surface area contributed by atoms with Crippen LogP contribution in [0.3, 0.4) is 0 Å². The molecule has 2 N–H and O–H groups in total. The van der Waals surface area contributed by atoms with E-state index in [2.05, 4.69) is 10.0 Å². The molecule has 1 aromatic rings. The summed E-state index contributed by atoms with van der Waals surface area (Å²) in [4.78, 5) is 1.09. The Hall–Kier alpha value is -0.430. The number of nitrogens with one attached hydrogen (secondary N) is 2. The minimum absolute atomic E-state index is 0.409. The van der Waals surface area contributed by atoms with Crippen molar-refractivity contribution in [2.45, 2.75) is 24.0 Å². The SMILES string of the molecule is CCCNS(=O)(=O)c1ccc(CCNC)s1. The number of thiophene rings is 1. The Labute approximate surface area is 101 Å². The summed E-state index contributed by atoms with van der Waals surface area (Å²) in [7, 11) is -1.40. The van der Waals surface area contributed by atoms with Gasteiger partial charge in [-0.1, -0.05) is 6.92 Å². The summed E-state index contributed by atoms with van der Waals surface area (Å²) < 4.78 is 26.5. The second-order valence-electron chi connectivity index (χ2n) is 3.47. The van der Waals surface area contributed by atoms with Crippen LogP contribution in [0, 0.1) is 0 Å². The van der Waals surface area contributed by atoms with Crippen LogP contribution in [-0.2, 0) is 16.4 Å². The van der Waals surface area contributed by atoms with Crippen molar-refractivity contribution in [3.8, 4) is 0 Å². The van der Waals surface area contributed by atoms with Crippen LogP contribution < -0.4 is 10.0 Å². The van der Waals surface area contributed by atoms with Crippen LogP contribution >= 0.6 is 11.3 Å². The molecule has 0 atom stereocenters. The number of hydrogen-bond donors (Lipinski definition) is 2. The minimum atomic E-state index is -3.28. The van der Waals surface area contributed by atoms with E-state index in [9.17, 15) is 8.42 Å². The molecular formula is C10H18N2O2S2. The largest absolute Gasteiger partial charge is 0.319 e. The maximum Gasteiger partial charge on any atom is 0.250 e. The van der Waals surface area contributed by atoms with Crippen LogP contribution in [0.15, 0.2) is 16.3 Å². The van der Waals surface area contributed by atoms with E-state index in [0.717, 1.165) is 24.3 Å². The highest BCUT2D eigenvalue weighted by Gasteiger charge is 2.15. The summed E-state index contributed by atoms with van der Waals surface area (Å²) in [6, 6.07) is 3.55. The summed E-state index contributed by atoms with van der Waals surface area (Å²) >= 11 is 1.34. The van der Waals surface area contributed by atoms with Crippen molar-refractivity contribution in [1.82, 2.24) is 10.0 Å². The van der Waals surface area contributed by atoms with E-state index in [4.69, 9.17) is 0 Å². The summed E-state index contributed by atoms with van der Waals surface area (Å²) in [5.74, 6) is 0. The van der Waals surface area contributed by atoms with Crippen LogP contribution in [0.5, 0.6) is 0 Å². The normalized spacial score (nSPS) is 11.9. The smallest absolute Gasteiger partial charge is 0.250 e. The Balaban J connectivity index is 2.69. The van der Waals surface area contributed by atoms with E-state index in [1.165, 1.54) is 11.3 Å². The molecule has 0 radical (unpaired) electrons. The highest BCUT2D eigenvalue weighted by Crippen LogP contribution is 2.21. The van der Waals surface area contributed by atoms with E-state index < -0.39 is 10.0 Å². The molecule has 16 heavy (non-hydrogen) atoms. The summed E-state index contributed by atoms with van der Waals surface area (Å²) in [5, 5.41) is 3.04. The molecule has 4 nitrogen and oxygen atoms in total. The first-order valence-corrected chi connectivity index (χ1v) is 7.63. The molecule has 0 aromatic carbocycles. The molecule has 0 aliphatic rings. The molecule has 0 aliphatic heterocycles. The van der Waals surface area contributed by atoms with Gasteiger partial charge in [-0.2, -0.15) is 0 Å². The molecule has 0 fully saturated rings. The average molecular weight is 262 g/mol. The molecule has 0 saturated carbocycles. The lowest BCUT2D eigenvalue weighted by Crippen LogP contribution is -2.23. The molecule has 1 rings (SSSR count). The van der Waals surface area contributed by atoms with E-state index in [-0.39, 0.29) is 0 Å². The first-order valence-electron chi connectivity index (χ1n) is 5.33. The summed E-state index contributed by atoms with van der Waals surface area (Å²) in [6.45, 7) is 3.30. The van der Waals surface area contributed by atoms with Gasteiger partial charge in [0.2, 0.25) is 10.0 Å². The van der Waals surface area contributed by atoms with Gasteiger partial charge in [0.25, 0.3) is 0 Å². The lowest BCUT2D eigenvalue weighted by atomic mass is 10.3. The van der Waals surface area contributed by atoms with Crippen molar-refractivity contribution in [3.05, 3.63) is 17.0 Å². The van der Waals surface area contributed by atoms with Crippen LogP contribution in [0.1, 0.15) is 18.2 Å². The zero-order chi connectivity index (χ0) is 12.0. The first kappa shape index (κ1) is 13.6. The fraction of sp³-hybridized carbons (Fsp3) is 0.600. The van der Waals surface area contributed by atoms with Crippen LogP contribution in [0.25, 0.3) is 0 Å². The Morgan fingerprint density at radius 3 is 2.69 bits per heavy atom. The molecule has 6 heteroatoms. The van der Waals surface area contributed by atoms with Crippen molar-refractivity contribution in [2.24, 2.45) is 0 Å². The molecule has 0 spiro atoms. The summed E-state index contributed by atoms with van der Waals surface area (Å²) in [6.07, 6.45) is 1.67. The fourth-order valence-electron chi connectivity index (χ4n) is 1.19. The molecular weight excluding hydrogens is 244 g/mol. The van der Waals surface area contributed by atoms with Crippen molar-refractivity contribution in [3.63, 3.8) is 0 Å². The van der Waals surface area contributed by atoms with E-state index in [1.807, 2.05) is 20.0 Å². The molecule has 0 bridgehead atoms. The monoisotopic (exact) mass is 262 g/mol. The highest BCUT2D eigenvalue weighted by molar-refractivity contribution is 7.91. The van der Waals surface area contributed by atoms with Crippen molar-refractivity contribution < 1.29 is 8.42 Å². The van der Waals surface area contributed by atoms with Crippen molar-refractivity contribution in [2.75, 3.05) is 20.1 Å². The van der Waals surface area contributed by atoms with Crippen LogP contribution in [0.2, 0.25) is 0 Å². The topological polar surface area (TPSA) is 58.2 Å². The number of sulfonamides is 1. The van der Waals surface area contributed by atoms with Crippen LogP contribution in [0.4, 0.5) is 0 Å². The van der Waals surface area contributed by atoms with Gasteiger partial charge in [0.05, 0.1) is 0 Å². The molecule has 0 unspecified atom stereocenters. The minimum Gasteiger partial charge on any atom is -0.319 e. The van der Waals surface area contributed by atoms with Crippen molar-refractivity contribution >= 4 is 21.4 Å². The van der Waals surface area contributed by atoms with Crippen molar-refractivity contribution in [1.29, 1.82) is 0 Å². The number of hydrogen-bond acceptors (Lipinski definition) is 4. The zero-order valence-corrected chi connectivity index (χ0v) is 11.2. The van der Waals surface area contributed by atoms with Gasteiger partial charge in [0, 0.05) is 11.4 Å². The molecule has 92 valence electrons. The maximum absolute atomic E-state index is 11.8. The van der Waals surface area contributed by atoms with E-state index >= 15 is 0 Å². The summed E-state index contributed by atoms with van der Waals surface area (Å²) in [5.41, 5.74) is 0. The van der Waals surface area contributed by atoms with Gasteiger partial charge in [-0.3, -0.25) is 0 Å². The Bertz CT molecular complexity index is 412. The van der Waals surface area contributed by atoms with Gasteiger partial charge >= 0.3 is 0 Å². The first-order chi connectivity index (χ1) is 7.60. The van der Waals surface area contributed by atoms with Gasteiger partial charge in [0.1, 0.15) is 4.21 Å². The molecule has 1 heterocycles. The van der Waals surface area contributed by atoms with Crippen LogP contribution in [-0.4, -0.2) is 28.6 Å². The molecule has 0 aliphatic carbocycles. The van der Waals surface area contributed by atoms with Gasteiger partial charge < -0.3 is 5.32 Å². The Kier molecular flexibility index (Phi) is 5.40.